The van der Waals surface area contributed by atoms with E-state index in [0.29, 0.717) is 11.7 Å². The SMILES string of the molecule is CC1=CCC2CCC(=O)C2(C)CC1. The van der Waals surface area contributed by atoms with Gasteiger partial charge in [-0.3, -0.25) is 4.79 Å². The van der Waals surface area contributed by atoms with E-state index in [2.05, 4.69) is 19.9 Å². The lowest BCUT2D eigenvalue weighted by Gasteiger charge is -2.27. The molecular formula is C12H18O. The molecule has 0 amide bonds. The first-order chi connectivity index (χ1) is 6.13. The van der Waals surface area contributed by atoms with E-state index in [1.807, 2.05) is 0 Å². The van der Waals surface area contributed by atoms with Crippen molar-refractivity contribution in [1.82, 2.24) is 0 Å². The maximum Gasteiger partial charge on any atom is 0.139 e. The van der Waals surface area contributed by atoms with Crippen molar-refractivity contribution in [3.05, 3.63) is 11.6 Å². The third-order valence-electron chi connectivity index (χ3n) is 4.05. The van der Waals surface area contributed by atoms with Gasteiger partial charge < -0.3 is 0 Å². The Morgan fingerprint density at radius 1 is 1.46 bits per heavy atom. The summed E-state index contributed by atoms with van der Waals surface area (Å²) in [4.78, 5) is 11.8. The third-order valence-corrected chi connectivity index (χ3v) is 4.05. The van der Waals surface area contributed by atoms with Crippen LogP contribution >= 0.6 is 0 Å². The lowest BCUT2D eigenvalue weighted by molar-refractivity contribution is -0.126. The second-order valence-electron chi connectivity index (χ2n) is 4.86. The van der Waals surface area contributed by atoms with Crippen LogP contribution in [0.5, 0.6) is 0 Å². The molecule has 0 heterocycles. The van der Waals surface area contributed by atoms with Crippen molar-refractivity contribution in [2.75, 3.05) is 0 Å². The van der Waals surface area contributed by atoms with Gasteiger partial charge in [0.25, 0.3) is 0 Å². The number of carbonyl (C=O) groups excluding carboxylic acids is 1. The van der Waals surface area contributed by atoms with Crippen LogP contribution in [-0.2, 0) is 4.79 Å². The molecule has 0 aliphatic heterocycles. The number of fused-ring (bicyclic) bond motifs is 1. The molecule has 2 aliphatic rings. The summed E-state index contributed by atoms with van der Waals surface area (Å²) in [6.07, 6.45) is 7.63. The lowest BCUT2D eigenvalue weighted by Crippen LogP contribution is -2.27. The predicted octanol–water partition coefficient (Wildman–Crippen LogP) is 3.10. The minimum Gasteiger partial charge on any atom is -0.299 e. The molecule has 0 radical (unpaired) electrons. The van der Waals surface area contributed by atoms with Crippen molar-refractivity contribution in [3.63, 3.8) is 0 Å². The summed E-state index contributed by atoms with van der Waals surface area (Å²) in [7, 11) is 0. The molecule has 0 bridgehead atoms. The summed E-state index contributed by atoms with van der Waals surface area (Å²) < 4.78 is 0. The Labute approximate surface area is 80.2 Å². The zero-order chi connectivity index (χ0) is 9.47. The fraction of sp³-hybridized carbons (Fsp3) is 0.750. The Balaban J connectivity index is 2.24. The molecule has 0 spiro atoms. The summed E-state index contributed by atoms with van der Waals surface area (Å²) in [6.45, 7) is 4.37. The Kier molecular flexibility index (Phi) is 2.05. The third kappa shape index (κ3) is 1.34. The minimum absolute atomic E-state index is 0.0221. The van der Waals surface area contributed by atoms with Crippen molar-refractivity contribution >= 4 is 5.78 Å². The zero-order valence-electron chi connectivity index (χ0n) is 8.60. The number of hydrogen-bond acceptors (Lipinski definition) is 1. The Hall–Kier alpha value is -0.590. The Bertz CT molecular complexity index is 264. The average molecular weight is 178 g/mol. The van der Waals surface area contributed by atoms with Crippen LogP contribution in [0.2, 0.25) is 0 Å². The zero-order valence-corrected chi connectivity index (χ0v) is 8.60. The number of Topliss-reactive ketones (excluding diaryl/α,β-unsaturated/α-hetero) is 1. The molecule has 1 nitrogen and oxygen atoms in total. The van der Waals surface area contributed by atoms with Crippen molar-refractivity contribution < 1.29 is 4.79 Å². The van der Waals surface area contributed by atoms with E-state index in [1.54, 1.807) is 0 Å². The van der Waals surface area contributed by atoms with Crippen molar-refractivity contribution in [3.8, 4) is 0 Å². The quantitative estimate of drug-likeness (QED) is 0.521. The molecule has 1 heteroatoms. The van der Waals surface area contributed by atoms with E-state index in [9.17, 15) is 4.79 Å². The second kappa shape index (κ2) is 2.97. The van der Waals surface area contributed by atoms with Crippen LogP contribution in [0.4, 0.5) is 0 Å². The maximum absolute atomic E-state index is 11.8. The van der Waals surface area contributed by atoms with E-state index in [-0.39, 0.29) is 5.41 Å². The molecule has 2 rings (SSSR count). The molecule has 0 saturated heterocycles. The van der Waals surface area contributed by atoms with Gasteiger partial charge in [-0.05, 0) is 38.5 Å². The van der Waals surface area contributed by atoms with Gasteiger partial charge in [0.15, 0.2) is 0 Å². The van der Waals surface area contributed by atoms with E-state index in [1.165, 1.54) is 5.57 Å². The highest BCUT2D eigenvalue weighted by molar-refractivity contribution is 5.87. The van der Waals surface area contributed by atoms with Gasteiger partial charge in [0.1, 0.15) is 5.78 Å². The first kappa shape index (κ1) is 8.98. The highest BCUT2D eigenvalue weighted by atomic mass is 16.1. The highest BCUT2D eigenvalue weighted by Gasteiger charge is 2.45. The maximum atomic E-state index is 11.8. The molecule has 0 aromatic rings. The predicted molar refractivity (Wildman–Crippen MR) is 53.4 cm³/mol. The number of ketones is 1. The topological polar surface area (TPSA) is 17.1 Å². The summed E-state index contributed by atoms with van der Waals surface area (Å²) in [5.41, 5.74) is 1.50. The molecule has 72 valence electrons. The van der Waals surface area contributed by atoms with Gasteiger partial charge in [-0.15, -0.1) is 0 Å². The summed E-state index contributed by atoms with van der Waals surface area (Å²) in [5.74, 6) is 1.15. The standard InChI is InChI=1S/C12H18O/c1-9-3-4-10-5-6-11(13)12(10,2)8-7-9/h3,10H,4-8H2,1-2H3. The van der Waals surface area contributed by atoms with Crippen LogP contribution in [0.3, 0.4) is 0 Å². The van der Waals surface area contributed by atoms with Crippen molar-refractivity contribution in [1.29, 1.82) is 0 Å². The molecule has 0 aromatic carbocycles. The molecule has 13 heavy (non-hydrogen) atoms. The fourth-order valence-electron chi connectivity index (χ4n) is 2.76. The van der Waals surface area contributed by atoms with Gasteiger partial charge in [0, 0.05) is 11.8 Å². The summed E-state index contributed by atoms with van der Waals surface area (Å²) in [6, 6.07) is 0. The fourth-order valence-corrected chi connectivity index (χ4v) is 2.76. The van der Waals surface area contributed by atoms with Gasteiger partial charge in [-0.2, -0.15) is 0 Å². The van der Waals surface area contributed by atoms with Gasteiger partial charge in [-0.1, -0.05) is 18.6 Å². The molecular weight excluding hydrogens is 160 g/mol. The highest BCUT2D eigenvalue weighted by Crippen LogP contribution is 2.47. The van der Waals surface area contributed by atoms with Gasteiger partial charge in [0.05, 0.1) is 0 Å². The van der Waals surface area contributed by atoms with Crippen LogP contribution < -0.4 is 0 Å². The Morgan fingerprint density at radius 3 is 3.00 bits per heavy atom. The van der Waals surface area contributed by atoms with Crippen LogP contribution in [0.1, 0.15) is 46.0 Å². The lowest BCUT2D eigenvalue weighted by atomic mass is 9.75. The Morgan fingerprint density at radius 2 is 2.23 bits per heavy atom. The van der Waals surface area contributed by atoms with E-state index < -0.39 is 0 Å². The van der Waals surface area contributed by atoms with Crippen LogP contribution in [-0.4, -0.2) is 5.78 Å². The normalized spacial score (nSPS) is 39.7. The van der Waals surface area contributed by atoms with Crippen LogP contribution in [0.25, 0.3) is 0 Å². The molecule has 1 fully saturated rings. The summed E-state index contributed by atoms with van der Waals surface area (Å²) >= 11 is 0. The molecule has 1 saturated carbocycles. The smallest absolute Gasteiger partial charge is 0.139 e. The molecule has 2 atom stereocenters. The van der Waals surface area contributed by atoms with E-state index >= 15 is 0 Å². The average Bonchev–Trinajstić information content (AvgIpc) is 2.28. The van der Waals surface area contributed by atoms with Gasteiger partial charge in [-0.25, -0.2) is 0 Å². The first-order valence-electron chi connectivity index (χ1n) is 5.32. The van der Waals surface area contributed by atoms with E-state index in [4.69, 9.17) is 0 Å². The number of carbonyl (C=O) groups is 1. The minimum atomic E-state index is 0.0221. The van der Waals surface area contributed by atoms with Crippen molar-refractivity contribution in [2.45, 2.75) is 46.0 Å². The van der Waals surface area contributed by atoms with Gasteiger partial charge in [0.2, 0.25) is 0 Å². The molecule has 2 aliphatic carbocycles. The summed E-state index contributed by atoms with van der Waals surface area (Å²) in [5, 5.41) is 0. The monoisotopic (exact) mass is 178 g/mol. The number of rotatable bonds is 0. The van der Waals surface area contributed by atoms with E-state index in [0.717, 1.165) is 32.1 Å². The molecule has 0 N–H and O–H groups in total. The number of hydrogen-bond donors (Lipinski definition) is 0. The first-order valence-corrected chi connectivity index (χ1v) is 5.32. The largest absolute Gasteiger partial charge is 0.299 e. The van der Waals surface area contributed by atoms with Crippen LogP contribution in [0, 0.1) is 11.3 Å². The van der Waals surface area contributed by atoms with Crippen molar-refractivity contribution in [2.24, 2.45) is 11.3 Å². The van der Waals surface area contributed by atoms with Gasteiger partial charge >= 0.3 is 0 Å². The van der Waals surface area contributed by atoms with Crippen LogP contribution in [0.15, 0.2) is 11.6 Å². The number of allylic oxidation sites excluding steroid dienone is 2. The second-order valence-corrected chi connectivity index (χ2v) is 4.86. The molecule has 0 aromatic heterocycles. The molecule has 2 unspecified atom stereocenters.